The first-order valence-electron chi connectivity index (χ1n) is 9.50. The van der Waals surface area contributed by atoms with Gasteiger partial charge in [0.05, 0.1) is 11.7 Å². The fourth-order valence-electron chi connectivity index (χ4n) is 3.26. The van der Waals surface area contributed by atoms with Crippen molar-refractivity contribution in [3.8, 4) is 16.3 Å². The van der Waals surface area contributed by atoms with Gasteiger partial charge in [-0.1, -0.05) is 30.3 Å². The average Bonchev–Trinajstić information content (AvgIpc) is 3.14. The monoisotopic (exact) mass is 435 g/mol. The van der Waals surface area contributed by atoms with Gasteiger partial charge in [0.1, 0.15) is 5.82 Å². The molecule has 5 nitrogen and oxygen atoms in total. The van der Waals surface area contributed by atoms with E-state index in [4.69, 9.17) is 4.74 Å². The van der Waals surface area contributed by atoms with E-state index >= 15 is 0 Å². The van der Waals surface area contributed by atoms with Crippen molar-refractivity contribution in [1.82, 2.24) is 15.3 Å². The van der Waals surface area contributed by atoms with Crippen LogP contribution in [0.2, 0.25) is 0 Å². The molecule has 2 N–H and O–H groups in total. The highest BCUT2D eigenvalue weighted by Crippen LogP contribution is 2.47. The van der Waals surface area contributed by atoms with Crippen molar-refractivity contribution in [2.45, 2.75) is 31.5 Å². The van der Waals surface area contributed by atoms with Crippen LogP contribution in [-0.2, 0) is 4.79 Å². The Morgan fingerprint density at radius 2 is 2.07 bits per heavy atom. The number of carbonyl (C=O) groups is 1. The molecule has 4 rings (SSSR count). The van der Waals surface area contributed by atoms with Crippen molar-refractivity contribution in [3.05, 3.63) is 59.4 Å². The van der Waals surface area contributed by atoms with E-state index in [1.165, 1.54) is 6.07 Å². The van der Waals surface area contributed by atoms with Crippen LogP contribution >= 0.6 is 11.3 Å². The van der Waals surface area contributed by atoms with Crippen LogP contribution < -0.4 is 10.1 Å². The quantitative estimate of drug-likeness (QED) is 0.545. The molecule has 1 saturated carbocycles. The molecule has 0 radical (unpaired) electrons. The van der Waals surface area contributed by atoms with Gasteiger partial charge < -0.3 is 15.0 Å². The van der Waals surface area contributed by atoms with Crippen molar-refractivity contribution in [2.24, 2.45) is 5.92 Å². The maximum absolute atomic E-state index is 12.6. The summed E-state index contributed by atoms with van der Waals surface area (Å²) >= 11 is 1.10. The first kappa shape index (κ1) is 20.5. The number of carbonyl (C=O) groups excluding carboxylic acids is 1. The van der Waals surface area contributed by atoms with Crippen molar-refractivity contribution < 1.29 is 22.7 Å². The van der Waals surface area contributed by atoms with Gasteiger partial charge >= 0.3 is 6.18 Å². The Morgan fingerprint density at radius 1 is 1.30 bits per heavy atom. The van der Waals surface area contributed by atoms with Crippen LogP contribution in [0.4, 0.5) is 13.2 Å². The van der Waals surface area contributed by atoms with E-state index in [0.717, 1.165) is 33.3 Å². The van der Waals surface area contributed by atoms with Gasteiger partial charge in [0.2, 0.25) is 5.91 Å². The number of halogens is 3. The van der Waals surface area contributed by atoms with Crippen LogP contribution in [0.1, 0.15) is 36.0 Å². The first-order valence-corrected chi connectivity index (χ1v) is 10.3. The number of imidazole rings is 1. The van der Waals surface area contributed by atoms with Gasteiger partial charge in [0, 0.05) is 28.5 Å². The molecule has 0 bridgehead atoms. The van der Waals surface area contributed by atoms with Gasteiger partial charge in [0.25, 0.3) is 0 Å². The number of ether oxygens (including phenoxy) is 1. The van der Waals surface area contributed by atoms with Gasteiger partial charge in [-0.3, -0.25) is 4.79 Å². The van der Waals surface area contributed by atoms with Crippen LogP contribution in [0.5, 0.6) is 5.06 Å². The summed E-state index contributed by atoms with van der Waals surface area (Å²) < 4.78 is 41.5. The average molecular weight is 435 g/mol. The zero-order chi connectivity index (χ0) is 21.3. The third-order valence-electron chi connectivity index (χ3n) is 4.91. The third kappa shape index (κ3) is 4.84. The predicted molar refractivity (Wildman–Crippen MR) is 107 cm³/mol. The topological polar surface area (TPSA) is 67.0 Å². The molecule has 2 aromatic heterocycles. The molecule has 1 fully saturated rings. The van der Waals surface area contributed by atoms with E-state index in [2.05, 4.69) is 15.3 Å². The molecule has 158 valence electrons. The maximum atomic E-state index is 12.6. The highest BCUT2D eigenvalue weighted by atomic mass is 32.1. The summed E-state index contributed by atoms with van der Waals surface area (Å²) in [5.41, 5.74) is 1.85. The second-order valence-electron chi connectivity index (χ2n) is 7.28. The Bertz CT molecular complexity index is 1020. The summed E-state index contributed by atoms with van der Waals surface area (Å²) in [5.74, 6) is 0.587. The Morgan fingerprint density at radius 3 is 2.80 bits per heavy atom. The summed E-state index contributed by atoms with van der Waals surface area (Å²) in [5, 5.41) is 3.11. The summed E-state index contributed by atoms with van der Waals surface area (Å²) in [4.78, 5) is 21.1. The molecule has 3 atom stereocenters. The lowest BCUT2D eigenvalue weighted by Crippen LogP contribution is -2.28. The molecule has 0 spiro atoms. The Balaban J connectivity index is 1.31. The Hall–Kier alpha value is -2.81. The number of benzene rings is 1. The molecule has 30 heavy (non-hydrogen) atoms. The number of nitrogens with zero attached hydrogens (tertiary/aromatic N) is 1. The van der Waals surface area contributed by atoms with Crippen molar-refractivity contribution >= 4 is 17.2 Å². The minimum Gasteiger partial charge on any atom is -0.475 e. The van der Waals surface area contributed by atoms with E-state index < -0.39 is 12.8 Å². The molecule has 2 heterocycles. The molecule has 9 heteroatoms. The van der Waals surface area contributed by atoms with E-state index in [1.807, 2.05) is 36.5 Å². The van der Waals surface area contributed by atoms with Crippen molar-refractivity contribution in [3.63, 3.8) is 0 Å². The highest BCUT2D eigenvalue weighted by molar-refractivity contribution is 7.13. The Labute approximate surface area is 175 Å². The molecule has 0 unspecified atom stereocenters. The van der Waals surface area contributed by atoms with E-state index in [-0.39, 0.29) is 28.8 Å². The maximum Gasteiger partial charge on any atom is 0.422 e. The van der Waals surface area contributed by atoms with E-state index in [9.17, 15) is 18.0 Å². The first-order chi connectivity index (χ1) is 14.3. The van der Waals surface area contributed by atoms with Gasteiger partial charge in [-0.05, 0) is 25.5 Å². The van der Waals surface area contributed by atoms with Crippen LogP contribution in [-0.4, -0.2) is 28.7 Å². The second kappa shape index (κ2) is 8.14. The van der Waals surface area contributed by atoms with Crippen LogP contribution in [0.25, 0.3) is 11.3 Å². The van der Waals surface area contributed by atoms with Gasteiger partial charge in [0.15, 0.2) is 11.7 Å². The van der Waals surface area contributed by atoms with Crippen LogP contribution in [0, 0.1) is 5.92 Å². The molecule has 3 aromatic rings. The zero-order valence-corrected chi connectivity index (χ0v) is 16.9. The third-order valence-corrected chi connectivity index (χ3v) is 6.09. The second-order valence-corrected chi connectivity index (χ2v) is 8.35. The number of alkyl halides is 3. The number of rotatable bonds is 7. The SMILES string of the molecule is C[C@@H](NC(=O)[C@H]1C[C@@H]1c1nc(-c2ccccc2)c[nH]1)c1ccc(OCC(F)(F)F)s1. The van der Waals surface area contributed by atoms with Crippen LogP contribution in [0.3, 0.4) is 0 Å². The lowest BCUT2D eigenvalue weighted by molar-refractivity contribution is -0.152. The lowest BCUT2D eigenvalue weighted by Gasteiger charge is -2.12. The number of H-pyrrole nitrogens is 1. The molecular formula is C21H20F3N3O2S. The van der Waals surface area contributed by atoms with E-state index in [0.29, 0.717) is 6.42 Å². The fraction of sp³-hybridized carbons (Fsp3) is 0.333. The molecular weight excluding hydrogens is 415 g/mol. The number of hydrogen-bond donors (Lipinski definition) is 2. The minimum absolute atomic E-state index is 0.0451. The molecule has 1 aromatic carbocycles. The number of nitrogens with one attached hydrogen (secondary N) is 2. The van der Waals surface area contributed by atoms with Crippen molar-refractivity contribution in [2.75, 3.05) is 6.61 Å². The van der Waals surface area contributed by atoms with E-state index in [1.54, 1.807) is 13.0 Å². The predicted octanol–water partition coefficient (Wildman–Crippen LogP) is 5.06. The minimum atomic E-state index is -4.38. The summed E-state index contributed by atoms with van der Waals surface area (Å²) in [6.45, 7) is 0.473. The van der Waals surface area contributed by atoms with Crippen LogP contribution in [0.15, 0.2) is 48.7 Å². The molecule has 1 aliphatic carbocycles. The smallest absolute Gasteiger partial charge is 0.422 e. The Kier molecular flexibility index (Phi) is 5.55. The largest absolute Gasteiger partial charge is 0.475 e. The normalized spacial score (nSPS) is 19.3. The van der Waals surface area contributed by atoms with Gasteiger partial charge in [-0.15, -0.1) is 11.3 Å². The number of aromatic amines is 1. The highest BCUT2D eigenvalue weighted by Gasteiger charge is 2.46. The van der Waals surface area contributed by atoms with Gasteiger partial charge in [-0.2, -0.15) is 13.2 Å². The lowest BCUT2D eigenvalue weighted by atomic mass is 10.2. The fourth-order valence-corrected chi connectivity index (χ4v) is 4.12. The molecule has 0 aliphatic heterocycles. The molecule has 1 amide bonds. The zero-order valence-electron chi connectivity index (χ0n) is 16.1. The summed E-state index contributed by atoms with van der Waals surface area (Å²) in [6.07, 6.45) is -1.82. The number of thiophene rings is 1. The molecule has 1 aliphatic rings. The number of aromatic nitrogens is 2. The number of amides is 1. The van der Waals surface area contributed by atoms with Crippen molar-refractivity contribution in [1.29, 1.82) is 0 Å². The molecule has 0 saturated heterocycles. The van der Waals surface area contributed by atoms with Gasteiger partial charge in [-0.25, -0.2) is 4.98 Å². The standard InChI is InChI=1S/C21H20F3N3O2S/c1-12(17-7-8-18(30-17)29-11-21(22,23)24)26-20(28)15-9-14(15)19-25-10-16(27-19)13-5-3-2-4-6-13/h2-8,10,12,14-15H,9,11H2,1H3,(H,25,27)(H,26,28)/t12-,14+,15+/m1/s1. The summed E-state index contributed by atoms with van der Waals surface area (Å²) in [7, 11) is 0. The summed E-state index contributed by atoms with van der Waals surface area (Å²) in [6, 6.07) is 12.6. The number of hydrogen-bond acceptors (Lipinski definition) is 4.